The van der Waals surface area contributed by atoms with Crippen LogP contribution in [0.1, 0.15) is 50.8 Å². The molecule has 2 aromatic rings. The van der Waals surface area contributed by atoms with Crippen molar-refractivity contribution < 1.29 is 9.53 Å². The van der Waals surface area contributed by atoms with Crippen LogP contribution in [0.4, 0.5) is 10.7 Å². The number of hydrogen-bond donors (Lipinski definition) is 3. The number of carbonyl (C=O) groups excluding carboxylic acids is 1. The molecule has 0 bridgehead atoms. The van der Waals surface area contributed by atoms with Gasteiger partial charge in [0.2, 0.25) is 5.95 Å². The molecule has 2 amide bonds. The highest BCUT2D eigenvalue weighted by atomic mass is 35.5. The van der Waals surface area contributed by atoms with E-state index in [1.807, 2.05) is 13.8 Å². The van der Waals surface area contributed by atoms with Crippen LogP contribution in [0.15, 0.2) is 12.1 Å². The number of carbonyl (C=O) groups is 1. The number of nitrogens with zero attached hydrogens (tertiary/aromatic N) is 3. The Kier molecular flexibility index (Phi) is 6.38. The summed E-state index contributed by atoms with van der Waals surface area (Å²) in [5.41, 5.74) is 14.4. The van der Waals surface area contributed by atoms with E-state index in [0.29, 0.717) is 58.9 Å². The van der Waals surface area contributed by atoms with Crippen molar-refractivity contribution in [2.45, 2.75) is 64.2 Å². The largest absolute Gasteiger partial charge is 0.493 e. The second-order valence-electron chi connectivity index (χ2n) is 9.14. The van der Waals surface area contributed by atoms with Crippen LogP contribution in [0.3, 0.4) is 0 Å². The maximum atomic E-state index is 12.7. The molecule has 32 heavy (non-hydrogen) atoms. The van der Waals surface area contributed by atoms with Gasteiger partial charge in [0, 0.05) is 22.2 Å². The van der Waals surface area contributed by atoms with Gasteiger partial charge in [-0.25, -0.2) is 14.8 Å². The lowest BCUT2D eigenvalue weighted by atomic mass is 9.93. The number of hydrogen-bond acceptors (Lipinski definition) is 6. The van der Waals surface area contributed by atoms with Gasteiger partial charge in [-0.2, -0.15) is 0 Å². The smallest absolute Gasteiger partial charge is 0.318 e. The van der Waals surface area contributed by atoms with Gasteiger partial charge in [-0.3, -0.25) is 0 Å². The molecule has 0 spiro atoms. The summed E-state index contributed by atoms with van der Waals surface area (Å²) in [5, 5.41) is 3.90. The maximum Gasteiger partial charge on any atom is 0.318 e. The number of anilines is 1. The van der Waals surface area contributed by atoms with Gasteiger partial charge in [0.1, 0.15) is 5.75 Å². The Morgan fingerprint density at radius 2 is 2.03 bits per heavy atom. The zero-order valence-corrected chi connectivity index (χ0v) is 19.8. The standard InChI is InChI=1S/C22H28Cl2N6O2/c1-22(2,26)6-7-32-17-9-12(23)8-15(24)18(17)19-14-10-30(11-16(14)28-20(25)29-19)21(31)27-13-4-3-5-13/h8-9,13H,3-7,10-11,26H2,1-2H3,(H,27,31)(H2,25,28,29). The number of amides is 2. The molecule has 1 aliphatic carbocycles. The minimum atomic E-state index is -0.378. The van der Waals surface area contributed by atoms with Crippen LogP contribution in [0.25, 0.3) is 11.3 Å². The van der Waals surface area contributed by atoms with Crippen molar-refractivity contribution in [3.8, 4) is 17.0 Å². The number of nitrogen functional groups attached to an aromatic ring is 1. The molecule has 0 atom stereocenters. The quantitative estimate of drug-likeness (QED) is 0.574. The van der Waals surface area contributed by atoms with E-state index in [1.165, 1.54) is 0 Å². The van der Waals surface area contributed by atoms with E-state index in [1.54, 1.807) is 17.0 Å². The number of nitrogens with one attached hydrogen (secondary N) is 1. The second kappa shape index (κ2) is 8.92. The minimum Gasteiger partial charge on any atom is -0.493 e. The van der Waals surface area contributed by atoms with E-state index in [2.05, 4.69) is 15.3 Å². The lowest BCUT2D eigenvalue weighted by Gasteiger charge is -2.28. The summed E-state index contributed by atoms with van der Waals surface area (Å²) in [5.74, 6) is 0.601. The number of rotatable bonds is 6. The van der Waals surface area contributed by atoms with E-state index in [0.717, 1.165) is 24.8 Å². The summed E-state index contributed by atoms with van der Waals surface area (Å²) in [6.45, 7) is 4.97. The zero-order valence-electron chi connectivity index (χ0n) is 18.3. The molecule has 0 radical (unpaired) electrons. The number of fused-ring (bicyclic) bond motifs is 1. The van der Waals surface area contributed by atoms with Gasteiger partial charge in [-0.05, 0) is 51.7 Å². The lowest BCUT2D eigenvalue weighted by Crippen LogP contribution is -2.45. The molecule has 2 heterocycles. The zero-order chi connectivity index (χ0) is 23.0. The Bertz CT molecular complexity index is 1040. The van der Waals surface area contributed by atoms with Crippen molar-refractivity contribution in [3.63, 3.8) is 0 Å². The van der Waals surface area contributed by atoms with Crippen molar-refractivity contribution in [1.82, 2.24) is 20.2 Å². The first kappa shape index (κ1) is 22.9. The summed E-state index contributed by atoms with van der Waals surface area (Å²) < 4.78 is 6.03. The van der Waals surface area contributed by atoms with E-state index < -0.39 is 0 Å². The number of ether oxygens (including phenoxy) is 1. The molecule has 1 aliphatic heterocycles. The van der Waals surface area contributed by atoms with Gasteiger partial charge < -0.3 is 26.4 Å². The third kappa shape index (κ3) is 5.03. The molecule has 1 fully saturated rings. The van der Waals surface area contributed by atoms with Crippen LogP contribution < -0.4 is 21.5 Å². The number of urea groups is 1. The van der Waals surface area contributed by atoms with Crippen molar-refractivity contribution in [2.24, 2.45) is 5.73 Å². The van der Waals surface area contributed by atoms with E-state index in [4.69, 9.17) is 39.4 Å². The molecule has 4 rings (SSSR count). The molecule has 1 aromatic carbocycles. The summed E-state index contributed by atoms with van der Waals surface area (Å²) >= 11 is 12.9. The Labute approximate surface area is 197 Å². The first-order valence-corrected chi connectivity index (χ1v) is 11.5. The fourth-order valence-electron chi connectivity index (χ4n) is 3.76. The van der Waals surface area contributed by atoms with Crippen LogP contribution in [-0.2, 0) is 13.1 Å². The minimum absolute atomic E-state index is 0.110. The average molecular weight is 479 g/mol. The molecule has 172 valence electrons. The third-order valence-corrected chi connectivity index (χ3v) is 6.30. The van der Waals surface area contributed by atoms with Crippen molar-refractivity contribution in [2.75, 3.05) is 12.3 Å². The average Bonchev–Trinajstić information content (AvgIpc) is 3.07. The van der Waals surface area contributed by atoms with Crippen LogP contribution in [0, 0.1) is 0 Å². The maximum absolute atomic E-state index is 12.7. The molecule has 1 saturated carbocycles. The van der Waals surface area contributed by atoms with Crippen LogP contribution in [-0.4, -0.2) is 39.1 Å². The Morgan fingerprint density at radius 1 is 1.28 bits per heavy atom. The second-order valence-corrected chi connectivity index (χ2v) is 9.98. The van der Waals surface area contributed by atoms with Gasteiger partial charge in [-0.1, -0.05) is 23.2 Å². The van der Waals surface area contributed by atoms with E-state index >= 15 is 0 Å². The predicted molar refractivity (Wildman–Crippen MR) is 126 cm³/mol. The fraction of sp³-hybridized carbons (Fsp3) is 0.500. The summed E-state index contributed by atoms with van der Waals surface area (Å²) in [6.07, 6.45) is 3.82. The highest BCUT2D eigenvalue weighted by molar-refractivity contribution is 6.37. The van der Waals surface area contributed by atoms with Crippen molar-refractivity contribution >= 4 is 35.2 Å². The molecule has 10 heteroatoms. The SMILES string of the molecule is CC(C)(N)CCOc1cc(Cl)cc(Cl)c1-c1nc(N)nc2c1CN(C(=O)NC1CCC1)C2. The van der Waals surface area contributed by atoms with Crippen LogP contribution in [0.2, 0.25) is 10.0 Å². The highest BCUT2D eigenvalue weighted by Crippen LogP contribution is 2.42. The van der Waals surface area contributed by atoms with Gasteiger partial charge in [-0.15, -0.1) is 0 Å². The van der Waals surface area contributed by atoms with E-state index in [-0.39, 0.29) is 23.6 Å². The van der Waals surface area contributed by atoms with Crippen molar-refractivity contribution in [3.05, 3.63) is 33.4 Å². The molecule has 1 aromatic heterocycles. The normalized spacial score (nSPS) is 16.0. The van der Waals surface area contributed by atoms with Crippen LogP contribution in [0.5, 0.6) is 5.75 Å². The molecule has 8 nitrogen and oxygen atoms in total. The van der Waals surface area contributed by atoms with Gasteiger partial charge >= 0.3 is 6.03 Å². The fourth-order valence-corrected chi connectivity index (χ4v) is 4.32. The topological polar surface area (TPSA) is 119 Å². The molecular weight excluding hydrogens is 451 g/mol. The first-order chi connectivity index (χ1) is 15.1. The number of nitrogens with two attached hydrogens (primary N) is 2. The van der Waals surface area contributed by atoms with Crippen LogP contribution >= 0.6 is 23.2 Å². The van der Waals surface area contributed by atoms with Gasteiger partial charge in [0.05, 0.1) is 41.7 Å². The highest BCUT2D eigenvalue weighted by Gasteiger charge is 2.32. The Balaban J connectivity index is 1.66. The third-order valence-electron chi connectivity index (χ3n) is 5.78. The lowest BCUT2D eigenvalue weighted by molar-refractivity contribution is 0.186. The molecule has 0 saturated heterocycles. The summed E-state index contributed by atoms with van der Waals surface area (Å²) in [6, 6.07) is 3.48. The van der Waals surface area contributed by atoms with Gasteiger partial charge in [0.25, 0.3) is 0 Å². The monoisotopic (exact) mass is 478 g/mol. The molecule has 5 N–H and O–H groups in total. The summed E-state index contributed by atoms with van der Waals surface area (Å²) in [4.78, 5) is 23.3. The Morgan fingerprint density at radius 3 is 2.69 bits per heavy atom. The van der Waals surface area contributed by atoms with Gasteiger partial charge in [0.15, 0.2) is 0 Å². The van der Waals surface area contributed by atoms with E-state index in [9.17, 15) is 4.79 Å². The molecule has 2 aliphatic rings. The number of halogens is 2. The number of aromatic nitrogens is 2. The molecule has 0 unspecified atom stereocenters. The summed E-state index contributed by atoms with van der Waals surface area (Å²) in [7, 11) is 0. The van der Waals surface area contributed by atoms with Crippen molar-refractivity contribution in [1.29, 1.82) is 0 Å². The predicted octanol–water partition coefficient (Wildman–Crippen LogP) is 4.12. The first-order valence-electron chi connectivity index (χ1n) is 10.7. The Hall–Kier alpha value is -2.29. The number of benzene rings is 1. The molecular formula is C22H28Cl2N6O2.